The number of benzene rings is 1. The Morgan fingerprint density at radius 2 is 1.90 bits per heavy atom. The van der Waals surface area contributed by atoms with Crippen LogP contribution in [0, 0.1) is 0 Å². The summed E-state index contributed by atoms with van der Waals surface area (Å²) < 4.78 is 0. The summed E-state index contributed by atoms with van der Waals surface area (Å²) >= 11 is 0. The van der Waals surface area contributed by atoms with Crippen LogP contribution in [0.25, 0.3) is 0 Å². The van der Waals surface area contributed by atoms with E-state index in [1.165, 1.54) is 0 Å². The minimum atomic E-state index is -0.539. The first kappa shape index (κ1) is 12.9. The van der Waals surface area contributed by atoms with Gasteiger partial charge >= 0.3 is 0 Å². The molecule has 4 nitrogen and oxygen atoms in total. The van der Waals surface area contributed by atoms with Gasteiger partial charge in [-0.1, -0.05) is 42.5 Å². The Balaban J connectivity index is 1.84. The zero-order valence-electron chi connectivity index (χ0n) is 11.3. The van der Waals surface area contributed by atoms with Crippen molar-refractivity contribution in [3.05, 3.63) is 48.0 Å². The predicted octanol–water partition coefficient (Wildman–Crippen LogP) is 1.79. The third kappa shape index (κ3) is 2.46. The Kier molecular flexibility index (Phi) is 3.54. The Morgan fingerprint density at radius 1 is 1.10 bits per heavy atom. The van der Waals surface area contributed by atoms with Crippen LogP contribution in [-0.4, -0.2) is 29.3 Å². The summed E-state index contributed by atoms with van der Waals surface area (Å²) in [5, 5.41) is 2.80. The molecule has 1 saturated heterocycles. The number of carbonyl (C=O) groups is 2. The molecule has 0 aromatic heterocycles. The molecule has 1 N–H and O–H groups in total. The average molecular weight is 270 g/mol. The Bertz CT molecular complexity index is 539. The molecule has 1 aliphatic carbocycles. The van der Waals surface area contributed by atoms with Crippen molar-refractivity contribution in [3.8, 4) is 0 Å². The molecule has 20 heavy (non-hydrogen) atoms. The SMILES string of the molecule is O=C1CN(C2CC=CCC2)C(=O)C(c2ccccc2)N1. The predicted molar refractivity (Wildman–Crippen MR) is 75.8 cm³/mol. The van der Waals surface area contributed by atoms with Crippen LogP contribution in [0.15, 0.2) is 42.5 Å². The van der Waals surface area contributed by atoms with Crippen LogP contribution in [0.4, 0.5) is 0 Å². The van der Waals surface area contributed by atoms with Crippen molar-refractivity contribution in [2.75, 3.05) is 6.54 Å². The number of allylic oxidation sites excluding steroid dienone is 1. The normalized spacial score (nSPS) is 26.5. The maximum absolute atomic E-state index is 12.7. The number of amides is 2. The van der Waals surface area contributed by atoms with Crippen molar-refractivity contribution in [2.24, 2.45) is 0 Å². The maximum Gasteiger partial charge on any atom is 0.250 e. The molecule has 0 bridgehead atoms. The number of carbonyl (C=O) groups excluding carboxylic acids is 2. The molecule has 3 rings (SSSR count). The van der Waals surface area contributed by atoms with Gasteiger partial charge in [0, 0.05) is 6.04 Å². The van der Waals surface area contributed by atoms with Gasteiger partial charge in [0.1, 0.15) is 6.04 Å². The van der Waals surface area contributed by atoms with Gasteiger partial charge in [-0.25, -0.2) is 0 Å². The molecular weight excluding hydrogens is 252 g/mol. The van der Waals surface area contributed by atoms with Crippen molar-refractivity contribution in [1.29, 1.82) is 0 Å². The second-order valence-electron chi connectivity index (χ2n) is 5.32. The van der Waals surface area contributed by atoms with Crippen molar-refractivity contribution in [3.63, 3.8) is 0 Å². The summed E-state index contributed by atoms with van der Waals surface area (Å²) in [5.74, 6) is -0.0656. The summed E-state index contributed by atoms with van der Waals surface area (Å²) in [4.78, 5) is 26.3. The Labute approximate surface area is 118 Å². The van der Waals surface area contributed by atoms with E-state index in [1.807, 2.05) is 30.3 Å². The van der Waals surface area contributed by atoms with E-state index in [0.29, 0.717) is 0 Å². The molecule has 0 saturated carbocycles. The van der Waals surface area contributed by atoms with Crippen LogP contribution in [0.3, 0.4) is 0 Å². The van der Waals surface area contributed by atoms with Crippen molar-refractivity contribution in [1.82, 2.24) is 10.2 Å². The van der Waals surface area contributed by atoms with Gasteiger partial charge in [0.2, 0.25) is 5.91 Å². The summed E-state index contributed by atoms with van der Waals surface area (Å²) in [6.45, 7) is 0.181. The molecule has 1 heterocycles. The molecule has 2 atom stereocenters. The van der Waals surface area contributed by atoms with Gasteiger partial charge in [-0.3, -0.25) is 9.59 Å². The average Bonchev–Trinajstić information content (AvgIpc) is 2.51. The van der Waals surface area contributed by atoms with E-state index in [2.05, 4.69) is 17.5 Å². The van der Waals surface area contributed by atoms with E-state index in [-0.39, 0.29) is 24.4 Å². The quantitative estimate of drug-likeness (QED) is 0.833. The molecular formula is C16H18N2O2. The van der Waals surface area contributed by atoms with Gasteiger partial charge < -0.3 is 10.2 Å². The standard InChI is InChI=1S/C16H18N2O2/c19-14-11-18(13-9-5-2-6-10-13)16(20)15(17-14)12-7-3-1-4-8-12/h1-5,7-8,13,15H,6,9-11H2,(H,17,19). The van der Waals surface area contributed by atoms with E-state index < -0.39 is 6.04 Å². The molecule has 2 aliphatic rings. The Hall–Kier alpha value is -2.10. The number of rotatable bonds is 2. The number of hydrogen-bond donors (Lipinski definition) is 1. The molecule has 1 aromatic carbocycles. The number of nitrogens with zero attached hydrogens (tertiary/aromatic N) is 1. The first-order valence-electron chi connectivity index (χ1n) is 7.05. The molecule has 2 unspecified atom stereocenters. The zero-order chi connectivity index (χ0) is 13.9. The minimum absolute atomic E-state index is 0.0103. The second-order valence-corrected chi connectivity index (χ2v) is 5.32. The van der Waals surface area contributed by atoms with Crippen LogP contribution in [0.5, 0.6) is 0 Å². The molecule has 1 aliphatic heterocycles. The molecule has 1 fully saturated rings. The monoisotopic (exact) mass is 270 g/mol. The highest BCUT2D eigenvalue weighted by molar-refractivity contribution is 5.95. The summed E-state index contributed by atoms with van der Waals surface area (Å²) in [7, 11) is 0. The van der Waals surface area contributed by atoms with Crippen molar-refractivity contribution < 1.29 is 9.59 Å². The van der Waals surface area contributed by atoms with Crippen LogP contribution in [0.2, 0.25) is 0 Å². The van der Waals surface area contributed by atoms with Gasteiger partial charge in [-0.15, -0.1) is 0 Å². The maximum atomic E-state index is 12.7. The van der Waals surface area contributed by atoms with Crippen molar-refractivity contribution in [2.45, 2.75) is 31.3 Å². The lowest BCUT2D eigenvalue weighted by Gasteiger charge is -2.38. The van der Waals surface area contributed by atoms with E-state index in [1.54, 1.807) is 4.90 Å². The van der Waals surface area contributed by atoms with E-state index in [4.69, 9.17) is 0 Å². The molecule has 4 heteroatoms. The van der Waals surface area contributed by atoms with Crippen LogP contribution in [0.1, 0.15) is 30.9 Å². The van der Waals surface area contributed by atoms with Gasteiger partial charge in [0.15, 0.2) is 0 Å². The number of hydrogen-bond acceptors (Lipinski definition) is 2. The first-order valence-corrected chi connectivity index (χ1v) is 7.05. The van der Waals surface area contributed by atoms with Crippen LogP contribution >= 0.6 is 0 Å². The number of nitrogens with one attached hydrogen (secondary N) is 1. The van der Waals surface area contributed by atoms with E-state index in [0.717, 1.165) is 24.8 Å². The Morgan fingerprint density at radius 3 is 2.60 bits per heavy atom. The van der Waals surface area contributed by atoms with Crippen LogP contribution in [-0.2, 0) is 9.59 Å². The summed E-state index contributed by atoms with van der Waals surface area (Å²) in [5.41, 5.74) is 0.849. The van der Waals surface area contributed by atoms with Crippen LogP contribution < -0.4 is 5.32 Å². The molecule has 1 aromatic rings. The number of piperazine rings is 1. The van der Waals surface area contributed by atoms with Gasteiger partial charge in [-0.05, 0) is 24.8 Å². The third-order valence-corrected chi connectivity index (χ3v) is 3.96. The smallest absolute Gasteiger partial charge is 0.250 e. The highest BCUT2D eigenvalue weighted by atomic mass is 16.2. The van der Waals surface area contributed by atoms with E-state index in [9.17, 15) is 9.59 Å². The van der Waals surface area contributed by atoms with Gasteiger partial charge in [-0.2, -0.15) is 0 Å². The topological polar surface area (TPSA) is 49.4 Å². The molecule has 104 valence electrons. The van der Waals surface area contributed by atoms with E-state index >= 15 is 0 Å². The summed E-state index contributed by atoms with van der Waals surface area (Å²) in [6.07, 6.45) is 7.01. The van der Waals surface area contributed by atoms with Crippen molar-refractivity contribution >= 4 is 11.8 Å². The lowest BCUT2D eigenvalue weighted by Crippen LogP contribution is -2.56. The first-order chi connectivity index (χ1) is 9.75. The fourth-order valence-corrected chi connectivity index (χ4v) is 2.91. The molecule has 0 radical (unpaired) electrons. The fourth-order valence-electron chi connectivity index (χ4n) is 2.91. The van der Waals surface area contributed by atoms with Gasteiger partial charge in [0.25, 0.3) is 5.91 Å². The third-order valence-electron chi connectivity index (χ3n) is 3.96. The lowest BCUT2D eigenvalue weighted by atomic mass is 9.96. The fraction of sp³-hybridized carbons (Fsp3) is 0.375. The highest BCUT2D eigenvalue weighted by Crippen LogP contribution is 2.25. The minimum Gasteiger partial charge on any atom is -0.339 e. The van der Waals surface area contributed by atoms with Gasteiger partial charge in [0.05, 0.1) is 6.54 Å². The largest absolute Gasteiger partial charge is 0.339 e. The highest BCUT2D eigenvalue weighted by Gasteiger charge is 2.37. The lowest BCUT2D eigenvalue weighted by molar-refractivity contribution is -0.147. The zero-order valence-corrected chi connectivity index (χ0v) is 11.3. The molecule has 0 spiro atoms. The molecule has 2 amide bonds. The second kappa shape index (κ2) is 5.49. The summed E-state index contributed by atoms with van der Waals surface area (Å²) in [6, 6.07) is 9.06.